The van der Waals surface area contributed by atoms with Crippen LogP contribution in [0.3, 0.4) is 0 Å². The Labute approximate surface area is 223 Å². The Hall–Kier alpha value is -4.31. The molecule has 1 N–H and O–H groups in total. The van der Waals surface area contributed by atoms with Gasteiger partial charge >= 0.3 is 0 Å². The number of carbonyl (C=O) groups is 1. The number of nitrogens with zero attached hydrogens (tertiary/aromatic N) is 2. The third-order valence-corrected chi connectivity index (χ3v) is 6.85. The van der Waals surface area contributed by atoms with Crippen LogP contribution in [0, 0.1) is 0 Å². The normalized spacial score (nSPS) is 11.1. The summed E-state index contributed by atoms with van der Waals surface area (Å²) in [5.41, 5.74) is 3.30. The summed E-state index contributed by atoms with van der Waals surface area (Å²) in [6, 6.07) is 19.8. The van der Waals surface area contributed by atoms with Gasteiger partial charge in [-0.25, -0.2) is 13.8 Å². The van der Waals surface area contributed by atoms with Crippen LogP contribution in [0.1, 0.15) is 19.4 Å². The summed E-state index contributed by atoms with van der Waals surface area (Å²) in [5, 5.41) is 4.01. The fraction of sp³-hybridized carbons (Fsp3) is 0.214. The molecule has 0 saturated carbocycles. The maximum atomic E-state index is 13.5. The minimum Gasteiger partial charge on any atom is -0.492 e. The van der Waals surface area contributed by atoms with Crippen LogP contribution >= 0.6 is 0 Å². The van der Waals surface area contributed by atoms with E-state index in [4.69, 9.17) is 14.2 Å². The summed E-state index contributed by atoms with van der Waals surface area (Å²) >= 11 is 0. The molecule has 0 aromatic heterocycles. The van der Waals surface area contributed by atoms with Crippen molar-refractivity contribution in [3.05, 3.63) is 91.0 Å². The van der Waals surface area contributed by atoms with Crippen molar-refractivity contribution in [3.63, 3.8) is 0 Å². The summed E-state index contributed by atoms with van der Waals surface area (Å²) in [4.78, 5) is 12.9. The fourth-order valence-electron chi connectivity index (χ4n) is 3.45. The lowest BCUT2D eigenvalue weighted by molar-refractivity contribution is -0.119. The molecule has 0 heterocycles. The van der Waals surface area contributed by atoms with Crippen molar-refractivity contribution < 1.29 is 27.4 Å². The summed E-state index contributed by atoms with van der Waals surface area (Å²) in [7, 11) is -4.09. The Balaban J connectivity index is 1.82. The van der Waals surface area contributed by atoms with Crippen LogP contribution in [0.5, 0.6) is 17.2 Å². The molecule has 38 heavy (non-hydrogen) atoms. The molecule has 0 spiro atoms. The van der Waals surface area contributed by atoms with Gasteiger partial charge in [0.25, 0.3) is 15.9 Å². The van der Waals surface area contributed by atoms with Crippen molar-refractivity contribution in [1.29, 1.82) is 0 Å². The molecule has 0 aliphatic heterocycles. The number of nitrogens with one attached hydrogen (secondary N) is 1. The largest absolute Gasteiger partial charge is 0.492 e. The number of ether oxygens (including phenoxy) is 3. The van der Waals surface area contributed by atoms with E-state index in [9.17, 15) is 13.2 Å². The average molecular weight is 538 g/mol. The van der Waals surface area contributed by atoms with Gasteiger partial charge in [-0.2, -0.15) is 5.10 Å². The molecular formula is C28H31N3O6S. The predicted octanol–water partition coefficient (Wildman–Crippen LogP) is 4.39. The number of hydrogen-bond acceptors (Lipinski definition) is 7. The van der Waals surface area contributed by atoms with Gasteiger partial charge in [0.05, 0.1) is 30.0 Å². The second-order valence-corrected chi connectivity index (χ2v) is 9.62. The van der Waals surface area contributed by atoms with Gasteiger partial charge in [0, 0.05) is 0 Å². The lowest BCUT2D eigenvalue weighted by Gasteiger charge is -2.25. The van der Waals surface area contributed by atoms with E-state index in [-0.39, 0.29) is 10.6 Å². The first-order valence-corrected chi connectivity index (χ1v) is 13.5. The van der Waals surface area contributed by atoms with Crippen molar-refractivity contribution in [2.45, 2.75) is 18.7 Å². The molecule has 0 aliphatic carbocycles. The highest BCUT2D eigenvalue weighted by Crippen LogP contribution is 2.32. The van der Waals surface area contributed by atoms with Gasteiger partial charge in [-0.15, -0.1) is 0 Å². The Kier molecular flexibility index (Phi) is 10.3. The number of carbonyl (C=O) groups excluding carboxylic acids is 1. The van der Waals surface area contributed by atoms with Gasteiger partial charge in [0.2, 0.25) is 0 Å². The maximum absolute atomic E-state index is 13.5. The number of sulfonamides is 1. The zero-order chi connectivity index (χ0) is 27.4. The molecule has 10 heteroatoms. The van der Waals surface area contributed by atoms with Gasteiger partial charge in [-0.3, -0.25) is 9.10 Å². The van der Waals surface area contributed by atoms with Crippen molar-refractivity contribution in [1.82, 2.24) is 5.43 Å². The standard InChI is InChI=1S/C28H31N3O6S/c1-4-18-37-26-17-16-22(19-27(26)36-6-3)20-29-30-28(32)21-31(24-14-10-11-15-25(24)35-5-2)38(33,34)23-12-8-7-9-13-23/h4,7-17,19-20H,1,5-6,18,21H2,2-3H3,(H,30,32)/b29-20+. The molecule has 0 bridgehead atoms. The van der Waals surface area contributed by atoms with E-state index in [1.54, 1.807) is 73.7 Å². The summed E-state index contributed by atoms with van der Waals surface area (Å²) < 4.78 is 45.0. The number of hydrogen-bond donors (Lipinski definition) is 1. The minimum atomic E-state index is -4.09. The minimum absolute atomic E-state index is 0.0461. The Morgan fingerprint density at radius 3 is 2.32 bits per heavy atom. The molecule has 9 nitrogen and oxygen atoms in total. The summed E-state index contributed by atoms with van der Waals surface area (Å²) in [6.07, 6.45) is 3.07. The third-order valence-electron chi connectivity index (χ3n) is 5.08. The average Bonchev–Trinajstić information content (AvgIpc) is 2.92. The van der Waals surface area contributed by atoms with Crippen molar-refractivity contribution in [2.75, 3.05) is 30.7 Å². The van der Waals surface area contributed by atoms with E-state index in [1.165, 1.54) is 18.3 Å². The first-order chi connectivity index (χ1) is 18.4. The highest BCUT2D eigenvalue weighted by molar-refractivity contribution is 7.92. The highest BCUT2D eigenvalue weighted by atomic mass is 32.2. The van der Waals surface area contributed by atoms with Gasteiger partial charge in [-0.1, -0.05) is 43.0 Å². The van der Waals surface area contributed by atoms with Crippen LogP contribution in [-0.4, -0.2) is 46.9 Å². The lowest BCUT2D eigenvalue weighted by Crippen LogP contribution is -2.39. The molecule has 3 aromatic rings. The molecule has 0 unspecified atom stereocenters. The molecule has 3 aromatic carbocycles. The molecule has 200 valence electrons. The highest BCUT2D eigenvalue weighted by Gasteiger charge is 2.29. The van der Waals surface area contributed by atoms with E-state index in [1.807, 2.05) is 6.92 Å². The number of para-hydroxylation sites is 2. The molecule has 0 fully saturated rings. The molecule has 0 saturated heterocycles. The van der Waals surface area contributed by atoms with E-state index >= 15 is 0 Å². The van der Waals surface area contributed by atoms with Crippen LogP contribution in [-0.2, 0) is 14.8 Å². The Bertz CT molecular complexity index is 1360. The zero-order valence-electron chi connectivity index (χ0n) is 21.4. The van der Waals surface area contributed by atoms with Crippen LogP contribution in [0.2, 0.25) is 0 Å². The molecule has 1 amide bonds. The second kappa shape index (κ2) is 13.8. The van der Waals surface area contributed by atoms with Gasteiger partial charge in [-0.05, 0) is 61.9 Å². The van der Waals surface area contributed by atoms with Crippen LogP contribution in [0.4, 0.5) is 5.69 Å². The maximum Gasteiger partial charge on any atom is 0.264 e. The zero-order valence-corrected chi connectivity index (χ0v) is 22.2. The van der Waals surface area contributed by atoms with Gasteiger partial charge in [0.1, 0.15) is 18.9 Å². The van der Waals surface area contributed by atoms with Crippen molar-refractivity contribution in [2.24, 2.45) is 5.10 Å². The number of rotatable bonds is 14. The lowest BCUT2D eigenvalue weighted by atomic mass is 10.2. The molecule has 0 aliphatic rings. The monoisotopic (exact) mass is 537 g/mol. The second-order valence-electron chi connectivity index (χ2n) is 7.76. The third kappa shape index (κ3) is 7.36. The Morgan fingerprint density at radius 2 is 1.61 bits per heavy atom. The van der Waals surface area contributed by atoms with Crippen LogP contribution in [0.25, 0.3) is 0 Å². The summed E-state index contributed by atoms with van der Waals surface area (Å²) in [5.74, 6) is 0.788. The fourth-order valence-corrected chi connectivity index (χ4v) is 4.90. The van der Waals surface area contributed by atoms with Crippen molar-refractivity contribution in [3.8, 4) is 17.2 Å². The van der Waals surface area contributed by atoms with E-state index in [0.29, 0.717) is 42.6 Å². The van der Waals surface area contributed by atoms with E-state index in [0.717, 1.165) is 4.31 Å². The van der Waals surface area contributed by atoms with Crippen molar-refractivity contribution >= 4 is 27.8 Å². The molecule has 0 atom stereocenters. The predicted molar refractivity (Wildman–Crippen MR) is 148 cm³/mol. The quantitative estimate of drug-likeness (QED) is 0.186. The topological polar surface area (TPSA) is 107 Å². The Morgan fingerprint density at radius 1 is 0.921 bits per heavy atom. The number of benzene rings is 3. The molecular weight excluding hydrogens is 506 g/mol. The number of anilines is 1. The SMILES string of the molecule is C=CCOc1ccc(/C=N/NC(=O)CN(c2ccccc2OCC)S(=O)(=O)c2ccccc2)cc1OCC. The molecule has 0 radical (unpaired) electrons. The van der Waals surface area contributed by atoms with E-state index in [2.05, 4.69) is 17.1 Å². The number of hydrazone groups is 1. The first kappa shape index (κ1) is 28.3. The summed E-state index contributed by atoms with van der Waals surface area (Å²) in [6.45, 7) is 7.87. The van der Waals surface area contributed by atoms with Gasteiger partial charge in [0.15, 0.2) is 11.5 Å². The van der Waals surface area contributed by atoms with E-state index < -0.39 is 22.5 Å². The van der Waals surface area contributed by atoms with Crippen LogP contribution < -0.4 is 23.9 Å². The number of amides is 1. The first-order valence-electron chi connectivity index (χ1n) is 12.0. The molecule has 3 rings (SSSR count). The van der Waals surface area contributed by atoms with Gasteiger partial charge < -0.3 is 14.2 Å². The van der Waals surface area contributed by atoms with Crippen LogP contribution in [0.15, 0.2) is 95.4 Å². The smallest absolute Gasteiger partial charge is 0.264 e.